The standard InChI is InChI=1S/C15H21FN2O2.ClH/c1-15(7-2-8-17-10-15)14(20)18-9-13(19)11-3-5-12(16)6-4-11;/h3-6,13,17,19H,2,7-10H2,1H3,(H,18,20);1H. The fraction of sp³-hybridized carbons (Fsp3) is 0.533. The summed E-state index contributed by atoms with van der Waals surface area (Å²) in [6.45, 7) is 3.67. The second-order valence-electron chi connectivity index (χ2n) is 5.62. The molecule has 2 unspecified atom stereocenters. The first-order valence-electron chi connectivity index (χ1n) is 6.94. The van der Waals surface area contributed by atoms with Crippen LogP contribution in [0.1, 0.15) is 31.4 Å². The number of hydrogen-bond acceptors (Lipinski definition) is 3. The first-order chi connectivity index (χ1) is 9.51. The maximum atomic E-state index is 12.8. The van der Waals surface area contributed by atoms with E-state index in [0.717, 1.165) is 19.4 Å². The van der Waals surface area contributed by atoms with Gasteiger partial charge in [-0.3, -0.25) is 4.79 Å². The molecule has 1 fully saturated rings. The second-order valence-corrected chi connectivity index (χ2v) is 5.62. The van der Waals surface area contributed by atoms with Crippen LogP contribution < -0.4 is 10.6 Å². The minimum Gasteiger partial charge on any atom is -0.387 e. The van der Waals surface area contributed by atoms with Crippen LogP contribution in [0.3, 0.4) is 0 Å². The van der Waals surface area contributed by atoms with Crippen molar-refractivity contribution < 1.29 is 14.3 Å². The number of piperidine rings is 1. The van der Waals surface area contributed by atoms with Crippen molar-refractivity contribution in [2.75, 3.05) is 19.6 Å². The maximum Gasteiger partial charge on any atom is 0.227 e. The Morgan fingerprint density at radius 3 is 2.71 bits per heavy atom. The predicted octanol–water partition coefficient (Wildman–Crippen LogP) is 1.79. The van der Waals surface area contributed by atoms with Gasteiger partial charge in [0.2, 0.25) is 5.91 Å². The van der Waals surface area contributed by atoms with Crippen LogP contribution in [0.4, 0.5) is 4.39 Å². The summed E-state index contributed by atoms with van der Waals surface area (Å²) in [5.41, 5.74) is 0.180. The zero-order valence-electron chi connectivity index (χ0n) is 12.1. The van der Waals surface area contributed by atoms with Crippen molar-refractivity contribution in [3.05, 3.63) is 35.6 Å². The van der Waals surface area contributed by atoms with Gasteiger partial charge < -0.3 is 15.7 Å². The molecule has 0 radical (unpaired) electrons. The van der Waals surface area contributed by atoms with Crippen LogP contribution in [0.5, 0.6) is 0 Å². The molecule has 1 amide bonds. The van der Waals surface area contributed by atoms with Crippen LogP contribution >= 0.6 is 12.4 Å². The number of amides is 1. The molecular weight excluding hydrogens is 295 g/mol. The van der Waals surface area contributed by atoms with Gasteiger partial charge in [-0.2, -0.15) is 0 Å². The van der Waals surface area contributed by atoms with E-state index in [1.807, 2.05) is 6.92 Å². The normalized spacial score (nSPS) is 23.0. The molecular formula is C15H22ClFN2O2. The van der Waals surface area contributed by atoms with E-state index in [2.05, 4.69) is 10.6 Å². The quantitative estimate of drug-likeness (QED) is 0.793. The highest BCUT2D eigenvalue weighted by Crippen LogP contribution is 2.25. The maximum absolute atomic E-state index is 12.8. The molecule has 0 aromatic heterocycles. The Morgan fingerprint density at radius 1 is 1.48 bits per heavy atom. The fourth-order valence-corrected chi connectivity index (χ4v) is 2.46. The lowest BCUT2D eigenvalue weighted by Gasteiger charge is -2.32. The van der Waals surface area contributed by atoms with Gasteiger partial charge in [-0.25, -0.2) is 4.39 Å². The van der Waals surface area contributed by atoms with Crippen LogP contribution in [0.25, 0.3) is 0 Å². The number of rotatable bonds is 4. The summed E-state index contributed by atoms with van der Waals surface area (Å²) in [5.74, 6) is -0.392. The van der Waals surface area contributed by atoms with E-state index in [0.29, 0.717) is 12.1 Å². The third kappa shape index (κ3) is 4.66. The number of carbonyl (C=O) groups excluding carboxylic acids is 1. The van der Waals surface area contributed by atoms with Gasteiger partial charge in [0.15, 0.2) is 0 Å². The third-order valence-electron chi connectivity index (χ3n) is 3.86. The van der Waals surface area contributed by atoms with E-state index in [1.165, 1.54) is 24.3 Å². The average Bonchev–Trinajstić information content (AvgIpc) is 2.46. The van der Waals surface area contributed by atoms with Crippen molar-refractivity contribution in [1.82, 2.24) is 10.6 Å². The van der Waals surface area contributed by atoms with Crippen LogP contribution in [-0.2, 0) is 4.79 Å². The molecule has 0 spiro atoms. The molecule has 3 N–H and O–H groups in total. The van der Waals surface area contributed by atoms with Crippen LogP contribution in [0.2, 0.25) is 0 Å². The van der Waals surface area contributed by atoms with E-state index in [9.17, 15) is 14.3 Å². The predicted molar refractivity (Wildman–Crippen MR) is 81.8 cm³/mol. The first-order valence-corrected chi connectivity index (χ1v) is 6.94. The molecule has 1 heterocycles. The lowest BCUT2D eigenvalue weighted by molar-refractivity contribution is -0.131. The van der Waals surface area contributed by atoms with Crippen molar-refractivity contribution in [3.63, 3.8) is 0 Å². The largest absolute Gasteiger partial charge is 0.387 e. The molecule has 0 aliphatic carbocycles. The molecule has 1 aromatic rings. The van der Waals surface area contributed by atoms with E-state index < -0.39 is 11.5 Å². The van der Waals surface area contributed by atoms with Gasteiger partial charge in [0, 0.05) is 13.1 Å². The first kappa shape index (κ1) is 17.9. The van der Waals surface area contributed by atoms with Gasteiger partial charge in [-0.05, 0) is 44.0 Å². The average molecular weight is 317 g/mol. The number of aliphatic hydroxyl groups excluding tert-OH is 1. The Morgan fingerprint density at radius 2 is 2.14 bits per heavy atom. The Labute approximate surface area is 130 Å². The number of aliphatic hydroxyl groups is 1. The van der Waals surface area contributed by atoms with Crippen LogP contribution in [-0.4, -0.2) is 30.6 Å². The summed E-state index contributed by atoms with van der Waals surface area (Å²) in [6, 6.07) is 5.64. The Kier molecular flexibility index (Phi) is 6.58. The number of benzene rings is 1. The number of carbonyl (C=O) groups is 1. The topological polar surface area (TPSA) is 61.4 Å². The van der Waals surface area contributed by atoms with Crippen molar-refractivity contribution >= 4 is 18.3 Å². The summed E-state index contributed by atoms with van der Waals surface area (Å²) in [5, 5.41) is 16.0. The number of nitrogens with one attached hydrogen (secondary N) is 2. The van der Waals surface area contributed by atoms with E-state index in [1.54, 1.807) is 0 Å². The number of halogens is 2. The molecule has 2 atom stereocenters. The van der Waals surface area contributed by atoms with E-state index >= 15 is 0 Å². The summed E-state index contributed by atoms with van der Waals surface area (Å²) >= 11 is 0. The van der Waals surface area contributed by atoms with Gasteiger partial charge in [-0.1, -0.05) is 12.1 Å². The zero-order valence-corrected chi connectivity index (χ0v) is 12.9. The van der Waals surface area contributed by atoms with Crippen LogP contribution in [0, 0.1) is 11.2 Å². The molecule has 118 valence electrons. The zero-order chi connectivity index (χ0) is 14.6. The van der Waals surface area contributed by atoms with Crippen molar-refractivity contribution in [2.24, 2.45) is 5.41 Å². The van der Waals surface area contributed by atoms with Crippen LogP contribution in [0.15, 0.2) is 24.3 Å². The third-order valence-corrected chi connectivity index (χ3v) is 3.86. The highest BCUT2D eigenvalue weighted by molar-refractivity contribution is 5.85. The molecule has 2 rings (SSSR count). The minimum absolute atomic E-state index is 0. The smallest absolute Gasteiger partial charge is 0.227 e. The highest BCUT2D eigenvalue weighted by atomic mass is 35.5. The molecule has 1 aliphatic rings. The summed E-state index contributed by atoms with van der Waals surface area (Å²) in [7, 11) is 0. The van der Waals surface area contributed by atoms with Crippen molar-refractivity contribution in [2.45, 2.75) is 25.9 Å². The Bertz CT molecular complexity index is 461. The van der Waals surface area contributed by atoms with E-state index in [4.69, 9.17) is 0 Å². The SMILES string of the molecule is CC1(C(=O)NCC(O)c2ccc(F)cc2)CCCNC1.Cl. The van der Waals surface area contributed by atoms with E-state index in [-0.39, 0.29) is 30.7 Å². The van der Waals surface area contributed by atoms with Crippen molar-refractivity contribution in [3.8, 4) is 0 Å². The minimum atomic E-state index is -0.820. The number of hydrogen-bond donors (Lipinski definition) is 3. The molecule has 21 heavy (non-hydrogen) atoms. The van der Waals surface area contributed by atoms with Gasteiger partial charge in [0.25, 0.3) is 0 Å². The Hall–Kier alpha value is -1.17. The van der Waals surface area contributed by atoms with Gasteiger partial charge in [-0.15, -0.1) is 12.4 Å². The van der Waals surface area contributed by atoms with Gasteiger partial charge >= 0.3 is 0 Å². The van der Waals surface area contributed by atoms with Gasteiger partial charge in [0.05, 0.1) is 11.5 Å². The fourth-order valence-electron chi connectivity index (χ4n) is 2.46. The Balaban J connectivity index is 0.00000220. The lowest BCUT2D eigenvalue weighted by Crippen LogP contribution is -2.49. The summed E-state index contributed by atoms with van der Waals surface area (Å²) in [6.07, 6.45) is 1.00. The molecule has 1 aliphatic heterocycles. The van der Waals surface area contributed by atoms with Gasteiger partial charge in [0.1, 0.15) is 5.82 Å². The lowest BCUT2D eigenvalue weighted by atomic mass is 9.82. The van der Waals surface area contributed by atoms with Crippen molar-refractivity contribution in [1.29, 1.82) is 0 Å². The molecule has 1 aromatic carbocycles. The second kappa shape index (κ2) is 7.73. The molecule has 0 saturated carbocycles. The summed E-state index contributed by atoms with van der Waals surface area (Å²) in [4.78, 5) is 12.2. The highest BCUT2D eigenvalue weighted by Gasteiger charge is 2.34. The molecule has 0 bridgehead atoms. The monoisotopic (exact) mass is 316 g/mol. The molecule has 4 nitrogen and oxygen atoms in total. The summed E-state index contributed by atoms with van der Waals surface area (Å²) < 4.78 is 12.8. The molecule has 1 saturated heterocycles. The molecule has 6 heteroatoms.